The van der Waals surface area contributed by atoms with Gasteiger partial charge in [0.15, 0.2) is 0 Å². The van der Waals surface area contributed by atoms with Crippen LogP contribution in [-0.4, -0.2) is 9.55 Å². The molecule has 0 bridgehead atoms. The van der Waals surface area contributed by atoms with Gasteiger partial charge in [0.2, 0.25) is 0 Å². The molecule has 0 saturated carbocycles. The van der Waals surface area contributed by atoms with Gasteiger partial charge in [-0.1, -0.05) is 12.1 Å². The van der Waals surface area contributed by atoms with Crippen molar-refractivity contribution in [2.24, 2.45) is 7.05 Å². The molecule has 3 rings (SSSR count). The monoisotopic (exact) mass is 270 g/mol. The molecule has 104 valence electrons. The van der Waals surface area contributed by atoms with E-state index >= 15 is 0 Å². The minimum atomic E-state index is 0.00736. The summed E-state index contributed by atoms with van der Waals surface area (Å²) in [6.07, 6.45) is 0. The Labute approximate surface area is 118 Å². The van der Waals surface area contributed by atoms with Crippen LogP contribution in [0.25, 0.3) is 11.1 Å². The second-order valence-corrected chi connectivity index (χ2v) is 5.36. The van der Waals surface area contributed by atoms with Gasteiger partial charge < -0.3 is 4.74 Å². The van der Waals surface area contributed by atoms with E-state index in [1.165, 1.54) is 11.1 Å². The number of hydrogen-bond donors (Lipinski definition) is 0. The molecule has 0 N–H and O–H groups in total. The standard InChI is InChI=1S/C16H18N2O2/c1-9-5-6-12(14-8-20-7-13(9)14)15-10(2)17-11(3)18(4)16(15)19/h5-6H,7-8H2,1-4H3. The number of ether oxygens (including phenoxy) is 1. The van der Waals surface area contributed by atoms with Crippen molar-refractivity contribution in [2.75, 3.05) is 0 Å². The summed E-state index contributed by atoms with van der Waals surface area (Å²) in [6.45, 7) is 7.03. The normalized spacial score (nSPS) is 13.6. The van der Waals surface area contributed by atoms with Gasteiger partial charge in [-0.15, -0.1) is 0 Å². The molecule has 1 aliphatic rings. The summed E-state index contributed by atoms with van der Waals surface area (Å²) in [4.78, 5) is 17.1. The third-order valence-corrected chi connectivity index (χ3v) is 4.12. The zero-order valence-corrected chi connectivity index (χ0v) is 12.3. The molecule has 0 amide bonds. The van der Waals surface area contributed by atoms with E-state index in [4.69, 9.17) is 4.74 Å². The molecular weight excluding hydrogens is 252 g/mol. The highest BCUT2D eigenvalue weighted by atomic mass is 16.5. The van der Waals surface area contributed by atoms with Gasteiger partial charge in [-0.2, -0.15) is 0 Å². The first-order valence-electron chi connectivity index (χ1n) is 6.74. The van der Waals surface area contributed by atoms with Crippen molar-refractivity contribution < 1.29 is 4.74 Å². The molecular formula is C16H18N2O2. The third kappa shape index (κ3) is 1.79. The Morgan fingerprint density at radius 2 is 1.85 bits per heavy atom. The van der Waals surface area contributed by atoms with E-state index in [1.54, 1.807) is 11.6 Å². The smallest absolute Gasteiger partial charge is 0.261 e. The highest BCUT2D eigenvalue weighted by molar-refractivity contribution is 5.71. The Bertz CT molecular complexity index is 760. The Hall–Kier alpha value is -1.94. The van der Waals surface area contributed by atoms with Gasteiger partial charge in [0.05, 0.1) is 24.5 Å². The van der Waals surface area contributed by atoms with E-state index in [-0.39, 0.29) is 5.56 Å². The Morgan fingerprint density at radius 1 is 1.15 bits per heavy atom. The zero-order chi connectivity index (χ0) is 14.4. The predicted octanol–water partition coefficient (Wildman–Crippen LogP) is 2.40. The summed E-state index contributed by atoms with van der Waals surface area (Å²) >= 11 is 0. The van der Waals surface area contributed by atoms with Crippen LogP contribution in [0.5, 0.6) is 0 Å². The molecule has 4 nitrogen and oxygen atoms in total. The summed E-state index contributed by atoms with van der Waals surface area (Å²) < 4.78 is 7.16. The Kier molecular flexibility index (Phi) is 2.98. The summed E-state index contributed by atoms with van der Waals surface area (Å²) in [5, 5.41) is 0. The number of benzene rings is 1. The first kappa shape index (κ1) is 13.1. The number of fused-ring (bicyclic) bond motifs is 1. The minimum Gasteiger partial charge on any atom is -0.372 e. The van der Waals surface area contributed by atoms with Crippen LogP contribution in [0.2, 0.25) is 0 Å². The van der Waals surface area contributed by atoms with Crippen LogP contribution >= 0.6 is 0 Å². The maximum absolute atomic E-state index is 12.6. The maximum Gasteiger partial charge on any atom is 0.261 e. The summed E-state index contributed by atoms with van der Waals surface area (Å²) in [5.74, 6) is 0.733. The van der Waals surface area contributed by atoms with E-state index in [0.29, 0.717) is 18.8 Å². The van der Waals surface area contributed by atoms with Crippen molar-refractivity contribution in [3.8, 4) is 11.1 Å². The molecule has 1 aromatic heterocycles. The van der Waals surface area contributed by atoms with Gasteiger partial charge >= 0.3 is 0 Å². The quantitative estimate of drug-likeness (QED) is 0.799. The first-order valence-corrected chi connectivity index (χ1v) is 6.74. The molecule has 0 atom stereocenters. The number of aromatic nitrogens is 2. The molecule has 20 heavy (non-hydrogen) atoms. The van der Waals surface area contributed by atoms with Crippen LogP contribution in [-0.2, 0) is 25.0 Å². The summed E-state index contributed by atoms with van der Waals surface area (Å²) in [5.41, 5.74) is 6.02. The van der Waals surface area contributed by atoms with Crippen LogP contribution < -0.4 is 5.56 Å². The summed E-state index contributed by atoms with van der Waals surface area (Å²) in [7, 11) is 1.76. The van der Waals surface area contributed by atoms with E-state index in [1.807, 2.05) is 19.9 Å². The van der Waals surface area contributed by atoms with Gasteiger partial charge in [-0.3, -0.25) is 9.36 Å². The molecule has 0 unspecified atom stereocenters. The van der Waals surface area contributed by atoms with Crippen molar-refractivity contribution in [3.63, 3.8) is 0 Å². The molecule has 4 heteroatoms. The topological polar surface area (TPSA) is 44.1 Å². The SMILES string of the molecule is Cc1ccc(-c2c(C)nc(C)n(C)c2=O)c2c1COC2. The largest absolute Gasteiger partial charge is 0.372 e. The number of hydrogen-bond acceptors (Lipinski definition) is 3. The highest BCUT2D eigenvalue weighted by Crippen LogP contribution is 2.32. The van der Waals surface area contributed by atoms with Crippen LogP contribution in [0.15, 0.2) is 16.9 Å². The minimum absolute atomic E-state index is 0.00736. The van der Waals surface area contributed by atoms with E-state index in [0.717, 1.165) is 22.6 Å². The van der Waals surface area contributed by atoms with Gasteiger partial charge in [0.1, 0.15) is 5.82 Å². The number of rotatable bonds is 1. The predicted molar refractivity (Wildman–Crippen MR) is 77.6 cm³/mol. The van der Waals surface area contributed by atoms with Crippen LogP contribution in [0.3, 0.4) is 0 Å². The van der Waals surface area contributed by atoms with E-state index in [2.05, 4.69) is 18.0 Å². The molecule has 0 aliphatic carbocycles. The molecule has 0 saturated heterocycles. The second-order valence-electron chi connectivity index (χ2n) is 5.36. The molecule has 0 fully saturated rings. The Morgan fingerprint density at radius 3 is 2.60 bits per heavy atom. The molecule has 0 radical (unpaired) electrons. The lowest BCUT2D eigenvalue weighted by Crippen LogP contribution is -2.24. The lowest BCUT2D eigenvalue weighted by Gasteiger charge is -2.13. The van der Waals surface area contributed by atoms with Gasteiger partial charge in [0, 0.05) is 7.05 Å². The lowest BCUT2D eigenvalue weighted by molar-refractivity contribution is 0.134. The van der Waals surface area contributed by atoms with Crippen LogP contribution in [0.4, 0.5) is 0 Å². The van der Waals surface area contributed by atoms with Crippen LogP contribution in [0, 0.1) is 20.8 Å². The first-order chi connectivity index (χ1) is 9.50. The van der Waals surface area contributed by atoms with Crippen molar-refractivity contribution in [3.05, 3.63) is 50.7 Å². The van der Waals surface area contributed by atoms with Gasteiger partial charge in [0.25, 0.3) is 5.56 Å². The molecule has 2 aromatic rings. The molecule has 1 aliphatic heterocycles. The fourth-order valence-corrected chi connectivity index (χ4v) is 2.82. The fourth-order valence-electron chi connectivity index (χ4n) is 2.82. The number of aryl methyl sites for hydroxylation is 3. The van der Waals surface area contributed by atoms with Gasteiger partial charge in [-0.05, 0) is 43.0 Å². The van der Waals surface area contributed by atoms with Crippen molar-refractivity contribution in [1.29, 1.82) is 0 Å². The second kappa shape index (κ2) is 4.56. The average Bonchev–Trinajstić information content (AvgIpc) is 2.89. The van der Waals surface area contributed by atoms with Crippen molar-refractivity contribution >= 4 is 0 Å². The average molecular weight is 270 g/mol. The maximum atomic E-state index is 12.6. The van der Waals surface area contributed by atoms with Gasteiger partial charge in [-0.25, -0.2) is 4.98 Å². The molecule has 1 aromatic carbocycles. The number of nitrogens with zero attached hydrogens (tertiary/aromatic N) is 2. The third-order valence-electron chi connectivity index (χ3n) is 4.12. The van der Waals surface area contributed by atoms with E-state index < -0.39 is 0 Å². The lowest BCUT2D eigenvalue weighted by atomic mass is 9.94. The van der Waals surface area contributed by atoms with Crippen molar-refractivity contribution in [1.82, 2.24) is 9.55 Å². The Balaban J connectivity index is 2.34. The highest BCUT2D eigenvalue weighted by Gasteiger charge is 2.22. The molecule has 0 spiro atoms. The van der Waals surface area contributed by atoms with Crippen LogP contribution in [0.1, 0.15) is 28.2 Å². The van der Waals surface area contributed by atoms with E-state index in [9.17, 15) is 4.79 Å². The fraction of sp³-hybridized carbons (Fsp3) is 0.375. The summed E-state index contributed by atoms with van der Waals surface area (Å²) in [6, 6.07) is 4.07. The zero-order valence-electron chi connectivity index (χ0n) is 12.3. The molecule has 2 heterocycles. The van der Waals surface area contributed by atoms with Crippen molar-refractivity contribution in [2.45, 2.75) is 34.0 Å².